The summed E-state index contributed by atoms with van der Waals surface area (Å²) in [5.74, 6) is -1.20. The Labute approximate surface area is 86.8 Å². The van der Waals surface area contributed by atoms with Crippen molar-refractivity contribution in [2.75, 3.05) is 6.61 Å². The van der Waals surface area contributed by atoms with Crippen LogP contribution >= 0.6 is 27.3 Å². The molecule has 0 aliphatic carbocycles. The largest absolute Gasteiger partial charge is 0.451 e. The zero-order chi connectivity index (χ0) is 9.84. The monoisotopic (exact) mass is 263 g/mol. The summed E-state index contributed by atoms with van der Waals surface area (Å²) in [7, 11) is 0. The van der Waals surface area contributed by atoms with E-state index in [-0.39, 0.29) is 6.61 Å². The van der Waals surface area contributed by atoms with Crippen molar-refractivity contribution in [1.29, 1.82) is 0 Å². The standard InChI is InChI=1S/C7H6BrNO3S/c8-5-2-1-4(13-5)7(11)12-3-6(9)10/h1-2H,3H2,(H2,9,10). The van der Waals surface area contributed by atoms with Crippen molar-refractivity contribution in [1.82, 2.24) is 0 Å². The van der Waals surface area contributed by atoms with E-state index in [2.05, 4.69) is 20.7 Å². The number of ether oxygens (including phenoxy) is 1. The molecule has 0 aromatic carbocycles. The van der Waals surface area contributed by atoms with Crippen LogP contribution in [0, 0.1) is 0 Å². The highest BCUT2D eigenvalue weighted by Crippen LogP contribution is 2.22. The molecule has 0 saturated heterocycles. The molecule has 6 heteroatoms. The van der Waals surface area contributed by atoms with Gasteiger partial charge in [-0.2, -0.15) is 0 Å². The SMILES string of the molecule is NC(=O)COC(=O)c1ccc(Br)s1. The molecule has 4 nitrogen and oxygen atoms in total. The van der Waals surface area contributed by atoms with Gasteiger partial charge in [-0.05, 0) is 28.1 Å². The number of esters is 1. The van der Waals surface area contributed by atoms with Crippen LogP contribution in [0.2, 0.25) is 0 Å². The highest BCUT2D eigenvalue weighted by molar-refractivity contribution is 9.11. The first kappa shape index (κ1) is 10.2. The summed E-state index contributed by atoms with van der Waals surface area (Å²) >= 11 is 4.44. The molecule has 1 aromatic heterocycles. The summed E-state index contributed by atoms with van der Waals surface area (Å²) in [4.78, 5) is 21.8. The maximum Gasteiger partial charge on any atom is 0.348 e. The highest BCUT2D eigenvalue weighted by Gasteiger charge is 2.10. The van der Waals surface area contributed by atoms with E-state index in [1.54, 1.807) is 12.1 Å². The molecule has 0 saturated carbocycles. The third kappa shape index (κ3) is 3.16. The molecule has 70 valence electrons. The molecule has 0 unspecified atom stereocenters. The Bertz CT molecular complexity index is 336. The van der Waals surface area contributed by atoms with Crippen molar-refractivity contribution >= 4 is 39.1 Å². The number of rotatable bonds is 3. The lowest BCUT2D eigenvalue weighted by molar-refractivity contribution is -0.121. The minimum Gasteiger partial charge on any atom is -0.451 e. The quantitative estimate of drug-likeness (QED) is 0.832. The van der Waals surface area contributed by atoms with Gasteiger partial charge in [0.05, 0.1) is 3.79 Å². The number of hydrogen-bond acceptors (Lipinski definition) is 4. The lowest BCUT2D eigenvalue weighted by atomic mass is 10.5. The highest BCUT2D eigenvalue weighted by atomic mass is 79.9. The van der Waals surface area contributed by atoms with E-state index in [9.17, 15) is 9.59 Å². The first-order valence-electron chi connectivity index (χ1n) is 3.30. The Hall–Kier alpha value is -0.880. The molecular formula is C7H6BrNO3S. The van der Waals surface area contributed by atoms with Crippen molar-refractivity contribution in [2.24, 2.45) is 5.73 Å². The van der Waals surface area contributed by atoms with Crippen LogP contribution in [0.5, 0.6) is 0 Å². The van der Waals surface area contributed by atoms with E-state index < -0.39 is 11.9 Å². The van der Waals surface area contributed by atoms with E-state index in [1.807, 2.05) is 0 Å². The average molecular weight is 264 g/mol. The van der Waals surface area contributed by atoms with Crippen molar-refractivity contribution in [2.45, 2.75) is 0 Å². The summed E-state index contributed by atoms with van der Waals surface area (Å²) in [6, 6.07) is 3.34. The molecule has 1 amide bonds. The van der Waals surface area contributed by atoms with Gasteiger partial charge in [-0.25, -0.2) is 4.79 Å². The fourth-order valence-electron chi connectivity index (χ4n) is 0.632. The minimum atomic E-state index is -0.663. The number of carbonyl (C=O) groups is 2. The normalized spacial score (nSPS) is 9.62. The van der Waals surface area contributed by atoms with Gasteiger partial charge in [0, 0.05) is 0 Å². The number of hydrogen-bond donors (Lipinski definition) is 1. The van der Waals surface area contributed by atoms with Gasteiger partial charge in [-0.15, -0.1) is 11.3 Å². The molecule has 0 bridgehead atoms. The maximum absolute atomic E-state index is 11.1. The van der Waals surface area contributed by atoms with Crippen molar-refractivity contribution in [3.63, 3.8) is 0 Å². The summed E-state index contributed by atoms with van der Waals surface area (Å²) in [5, 5.41) is 0. The van der Waals surface area contributed by atoms with Gasteiger partial charge in [0.25, 0.3) is 5.91 Å². The van der Waals surface area contributed by atoms with E-state index in [0.717, 1.165) is 3.79 Å². The second kappa shape index (κ2) is 4.38. The van der Waals surface area contributed by atoms with E-state index in [1.165, 1.54) is 11.3 Å². The molecule has 1 rings (SSSR count). The third-order valence-corrected chi connectivity index (χ3v) is 2.72. The summed E-state index contributed by atoms with van der Waals surface area (Å²) < 4.78 is 5.41. The molecule has 0 aliphatic rings. The van der Waals surface area contributed by atoms with Crippen LogP contribution in [0.3, 0.4) is 0 Å². The second-order valence-corrected chi connectivity index (χ2v) is 4.61. The number of nitrogens with two attached hydrogens (primary N) is 1. The van der Waals surface area contributed by atoms with Crippen LogP contribution in [-0.4, -0.2) is 18.5 Å². The van der Waals surface area contributed by atoms with E-state index in [4.69, 9.17) is 5.73 Å². The van der Waals surface area contributed by atoms with Crippen LogP contribution in [0.4, 0.5) is 0 Å². The van der Waals surface area contributed by atoms with Crippen LogP contribution in [-0.2, 0) is 9.53 Å². The van der Waals surface area contributed by atoms with Gasteiger partial charge >= 0.3 is 5.97 Å². The average Bonchev–Trinajstić information content (AvgIpc) is 2.47. The first-order chi connectivity index (χ1) is 6.09. The van der Waals surface area contributed by atoms with Crippen LogP contribution < -0.4 is 5.73 Å². The van der Waals surface area contributed by atoms with Gasteiger partial charge in [-0.1, -0.05) is 0 Å². The Morgan fingerprint density at radius 1 is 1.54 bits per heavy atom. The maximum atomic E-state index is 11.1. The molecular weight excluding hydrogens is 258 g/mol. The molecule has 0 radical (unpaired) electrons. The van der Waals surface area contributed by atoms with E-state index in [0.29, 0.717) is 4.88 Å². The Balaban J connectivity index is 2.54. The zero-order valence-corrected chi connectivity index (χ0v) is 8.85. The number of halogens is 1. The number of amides is 1. The number of carbonyl (C=O) groups excluding carboxylic acids is 2. The lowest BCUT2D eigenvalue weighted by Crippen LogP contribution is -2.20. The Morgan fingerprint density at radius 2 is 2.23 bits per heavy atom. The molecule has 0 aliphatic heterocycles. The molecule has 1 heterocycles. The lowest BCUT2D eigenvalue weighted by Gasteiger charge is -1.97. The van der Waals surface area contributed by atoms with Crippen molar-refractivity contribution in [3.8, 4) is 0 Å². The fraction of sp³-hybridized carbons (Fsp3) is 0.143. The summed E-state index contributed by atoms with van der Waals surface area (Å²) in [6.07, 6.45) is 0. The molecule has 1 aromatic rings. The van der Waals surface area contributed by atoms with E-state index >= 15 is 0 Å². The fourth-order valence-corrected chi connectivity index (χ4v) is 1.91. The summed E-state index contributed by atoms with van der Waals surface area (Å²) in [6.45, 7) is -0.381. The first-order valence-corrected chi connectivity index (χ1v) is 4.91. The van der Waals surface area contributed by atoms with Gasteiger partial charge < -0.3 is 10.5 Å². The third-order valence-electron chi connectivity index (χ3n) is 1.12. The van der Waals surface area contributed by atoms with Crippen LogP contribution in [0.1, 0.15) is 9.67 Å². The second-order valence-electron chi connectivity index (χ2n) is 2.15. The number of primary amides is 1. The van der Waals surface area contributed by atoms with Crippen molar-refractivity contribution in [3.05, 3.63) is 20.8 Å². The van der Waals surface area contributed by atoms with Crippen molar-refractivity contribution < 1.29 is 14.3 Å². The smallest absolute Gasteiger partial charge is 0.348 e. The topological polar surface area (TPSA) is 69.4 Å². The van der Waals surface area contributed by atoms with Crippen LogP contribution in [0.15, 0.2) is 15.9 Å². The van der Waals surface area contributed by atoms with Crippen LogP contribution in [0.25, 0.3) is 0 Å². The zero-order valence-electron chi connectivity index (χ0n) is 6.45. The number of thiophene rings is 1. The molecule has 0 fully saturated rings. The van der Waals surface area contributed by atoms with Gasteiger partial charge in [0.2, 0.25) is 0 Å². The minimum absolute atomic E-state index is 0.381. The van der Waals surface area contributed by atoms with Gasteiger partial charge in [0.15, 0.2) is 6.61 Å². The van der Waals surface area contributed by atoms with Gasteiger partial charge in [0.1, 0.15) is 4.88 Å². The predicted octanol–water partition coefficient (Wildman–Crippen LogP) is 1.15. The Morgan fingerprint density at radius 3 is 2.69 bits per heavy atom. The molecule has 2 N–H and O–H groups in total. The predicted molar refractivity (Wildman–Crippen MR) is 51.5 cm³/mol. The van der Waals surface area contributed by atoms with Gasteiger partial charge in [-0.3, -0.25) is 4.79 Å². The Kier molecular flexibility index (Phi) is 3.44. The molecule has 0 spiro atoms. The summed E-state index contributed by atoms with van der Waals surface area (Å²) in [5.41, 5.74) is 4.80. The molecule has 13 heavy (non-hydrogen) atoms. The molecule has 0 atom stereocenters.